The van der Waals surface area contributed by atoms with E-state index in [0.29, 0.717) is 13.0 Å². The van der Waals surface area contributed by atoms with Crippen LogP contribution in [0.2, 0.25) is 0 Å². The molecule has 0 aliphatic carbocycles. The molecule has 0 spiro atoms. The zero-order valence-electron chi connectivity index (χ0n) is 9.55. The van der Waals surface area contributed by atoms with Gasteiger partial charge in [-0.1, -0.05) is 0 Å². The largest absolute Gasteiger partial charge is 0.479 e. The van der Waals surface area contributed by atoms with Crippen molar-refractivity contribution in [2.24, 2.45) is 5.73 Å². The van der Waals surface area contributed by atoms with E-state index in [-0.39, 0.29) is 18.0 Å². The molecular weight excluding hydrogens is 238 g/mol. The van der Waals surface area contributed by atoms with Crippen LogP contribution in [0.5, 0.6) is 0 Å². The van der Waals surface area contributed by atoms with Crippen LogP contribution < -0.4 is 11.1 Å². The predicted molar refractivity (Wildman–Crippen MR) is 62.2 cm³/mol. The molecule has 0 saturated carbocycles. The van der Waals surface area contributed by atoms with E-state index >= 15 is 0 Å². The van der Waals surface area contributed by atoms with E-state index in [0.717, 1.165) is 0 Å². The molecule has 96 valence electrons. The predicted octanol–water partition coefficient (Wildman–Crippen LogP) is -0.164. The number of anilines is 1. The van der Waals surface area contributed by atoms with Gasteiger partial charge in [-0.25, -0.2) is 9.78 Å². The number of ether oxygens (including phenoxy) is 1. The molecule has 1 aromatic heterocycles. The highest BCUT2D eigenvalue weighted by Crippen LogP contribution is 2.25. The molecule has 0 radical (unpaired) electrons. The molecule has 1 unspecified atom stereocenters. The number of hydrogen-bond donors (Lipinski definition) is 3. The minimum absolute atomic E-state index is 0.0249. The Balaban J connectivity index is 2.33. The average Bonchev–Trinajstić information content (AvgIpc) is 2.79. The fourth-order valence-corrected chi connectivity index (χ4v) is 1.82. The van der Waals surface area contributed by atoms with E-state index in [9.17, 15) is 14.7 Å². The number of nitrogens with one attached hydrogen (secondary N) is 1. The fraction of sp³-hybridized carbons (Fsp3) is 0.364. The van der Waals surface area contributed by atoms with Crippen molar-refractivity contribution in [2.45, 2.75) is 12.0 Å². The summed E-state index contributed by atoms with van der Waals surface area (Å²) in [5.41, 5.74) is 4.12. The molecule has 1 amide bonds. The molecule has 7 heteroatoms. The third-order valence-electron chi connectivity index (χ3n) is 2.86. The Morgan fingerprint density at radius 1 is 1.56 bits per heavy atom. The number of aromatic nitrogens is 1. The van der Waals surface area contributed by atoms with Gasteiger partial charge in [0, 0.05) is 19.2 Å². The van der Waals surface area contributed by atoms with E-state index in [1.54, 1.807) is 6.07 Å². The van der Waals surface area contributed by atoms with Crippen molar-refractivity contribution < 1.29 is 19.4 Å². The number of rotatable bonds is 4. The summed E-state index contributed by atoms with van der Waals surface area (Å²) >= 11 is 0. The number of carbonyl (C=O) groups is 2. The minimum atomic E-state index is -1.25. The van der Waals surface area contributed by atoms with Gasteiger partial charge in [-0.15, -0.1) is 0 Å². The number of aliphatic carboxylic acids is 1. The Bertz CT molecular complexity index is 483. The van der Waals surface area contributed by atoms with Crippen LogP contribution in [0.25, 0.3) is 0 Å². The summed E-state index contributed by atoms with van der Waals surface area (Å²) < 4.78 is 5.11. The summed E-state index contributed by atoms with van der Waals surface area (Å²) in [6.45, 7) is 0.370. The standard InChI is InChI=1S/C11H13N3O4/c12-8(15)7-2-1-4-13-9(7)14-11(10(16)17)3-5-18-6-11/h1-2,4H,3,5-6H2,(H2,12,15)(H,13,14)(H,16,17). The first-order chi connectivity index (χ1) is 8.55. The number of amides is 1. The number of carbonyl (C=O) groups excluding carboxylic acids is 1. The van der Waals surface area contributed by atoms with E-state index in [1.807, 2.05) is 0 Å². The topological polar surface area (TPSA) is 115 Å². The highest BCUT2D eigenvalue weighted by atomic mass is 16.5. The molecule has 1 fully saturated rings. The summed E-state index contributed by atoms with van der Waals surface area (Å²) in [6.07, 6.45) is 1.76. The van der Waals surface area contributed by atoms with Gasteiger partial charge >= 0.3 is 5.97 Å². The van der Waals surface area contributed by atoms with Crippen LogP contribution in [0.3, 0.4) is 0 Å². The highest BCUT2D eigenvalue weighted by molar-refractivity contribution is 5.98. The first-order valence-electron chi connectivity index (χ1n) is 5.39. The van der Waals surface area contributed by atoms with Crippen LogP contribution in [0.1, 0.15) is 16.8 Å². The fourth-order valence-electron chi connectivity index (χ4n) is 1.82. The van der Waals surface area contributed by atoms with Crippen LogP contribution >= 0.6 is 0 Å². The molecule has 1 aliphatic rings. The summed E-state index contributed by atoms with van der Waals surface area (Å²) in [5, 5.41) is 12.0. The zero-order chi connectivity index (χ0) is 13.2. The van der Waals surface area contributed by atoms with Crippen molar-refractivity contribution in [3.05, 3.63) is 23.9 Å². The van der Waals surface area contributed by atoms with Gasteiger partial charge in [-0.05, 0) is 12.1 Å². The lowest BCUT2D eigenvalue weighted by Crippen LogP contribution is -2.47. The average molecular weight is 251 g/mol. The second kappa shape index (κ2) is 4.61. The quantitative estimate of drug-likeness (QED) is 0.684. The molecule has 4 N–H and O–H groups in total. The molecule has 1 saturated heterocycles. The maximum Gasteiger partial charge on any atom is 0.331 e. The Hall–Kier alpha value is -2.15. The maximum absolute atomic E-state index is 11.3. The molecule has 0 bridgehead atoms. The normalized spacial score (nSPS) is 22.7. The summed E-state index contributed by atoms with van der Waals surface area (Å²) in [7, 11) is 0. The third kappa shape index (κ3) is 2.12. The summed E-state index contributed by atoms with van der Waals surface area (Å²) in [4.78, 5) is 26.5. The van der Waals surface area contributed by atoms with Gasteiger partial charge in [0.1, 0.15) is 5.82 Å². The van der Waals surface area contributed by atoms with Crippen molar-refractivity contribution in [1.29, 1.82) is 0 Å². The van der Waals surface area contributed by atoms with Crippen LogP contribution in [-0.2, 0) is 9.53 Å². The number of nitrogens with two attached hydrogens (primary N) is 1. The van der Waals surface area contributed by atoms with Crippen molar-refractivity contribution in [2.75, 3.05) is 18.5 Å². The minimum Gasteiger partial charge on any atom is -0.479 e. The Morgan fingerprint density at radius 2 is 2.33 bits per heavy atom. The Labute approximate surface area is 103 Å². The molecule has 7 nitrogen and oxygen atoms in total. The van der Waals surface area contributed by atoms with Crippen molar-refractivity contribution in [3.8, 4) is 0 Å². The van der Waals surface area contributed by atoms with Crippen LogP contribution in [0.4, 0.5) is 5.82 Å². The van der Waals surface area contributed by atoms with Gasteiger partial charge in [0.25, 0.3) is 5.91 Å². The number of carboxylic acid groups (broad SMARTS) is 1. The van der Waals surface area contributed by atoms with Gasteiger partial charge in [0.05, 0.1) is 12.2 Å². The van der Waals surface area contributed by atoms with E-state index in [2.05, 4.69) is 10.3 Å². The van der Waals surface area contributed by atoms with Crippen LogP contribution in [0, 0.1) is 0 Å². The SMILES string of the molecule is NC(=O)c1cccnc1NC1(C(=O)O)CCOC1. The first kappa shape index (κ1) is 12.3. The van der Waals surface area contributed by atoms with E-state index < -0.39 is 17.4 Å². The first-order valence-corrected chi connectivity index (χ1v) is 5.39. The zero-order valence-corrected chi connectivity index (χ0v) is 9.55. The Morgan fingerprint density at radius 3 is 2.89 bits per heavy atom. The number of nitrogens with zero attached hydrogens (tertiary/aromatic N) is 1. The maximum atomic E-state index is 11.3. The van der Waals surface area contributed by atoms with E-state index in [4.69, 9.17) is 10.5 Å². The third-order valence-corrected chi connectivity index (χ3v) is 2.86. The molecular formula is C11H13N3O4. The number of hydrogen-bond acceptors (Lipinski definition) is 5. The molecule has 1 atom stereocenters. The second-order valence-corrected chi connectivity index (χ2v) is 4.08. The van der Waals surface area contributed by atoms with Gasteiger partial charge in [0.2, 0.25) is 0 Å². The van der Waals surface area contributed by atoms with Crippen molar-refractivity contribution >= 4 is 17.7 Å². The molecule has 1 aromatic rings. The van der Waals surface area contributed by atoms with Gasteiger partial charge in [-0.2, -0.15) is 0 Å². The number of carboxylic acids is 1. The molecule has 2 heterocycles. The van der Waals surface area contributed by atoms with Crippen molar-refractivity contribution in [3.63, 3.8) is 0 Å². The lowest BCUT2D eigenvalue weighted by molar-refractivity contribution is -0.142. The van der Waals surface area contributed by atoms with Gasteiger partial charge in [-0.3, -0.25) is 4.79 Å². The summed E-state index contributed by atoms with van der Waals surface area (Å²) in [5.74, 6) is -1.54. The number of pyridine rings is 1. The smallest absolute Gasteiger partial charge is 0.331 e. The summed E-state index contributed by atoms with van der Waals surface area (Å²) in [6, 6.07) is 3.05. The van der Waals surface area contributed by atoms with Crippen molar-refractivity contribution in [1.82, 2.24) is 4.98 Å². The highest BCUT2D eigenvalue weighted by Gasteiger charge is 2.43. The van der Waals surface area contributed by atoms with Gasteiger partial charge in [0.15, 0.2) is 5.54 Å². The lowest BCUT2D eigenvalue weighted by atomic mass is 9.98. The lowest BCUT2D eigenvalue weighted by Gasteiger charge is -2.25. The molecule has 2 rings (SSSR count). The second-order valence-electron chi connectivity index (χ2n) is 4.08. The molecule has 18 heavy (non-hydrogen) atoms. The van der Waals surface area contributed by atoms with Crippen LogP contribution in [0.15, 0.2) is 18.3 Å². The Kier molecular flexibility index (Phi) is 3.15. The molecule has 1 aliphatic heterocycles. The number of primary amides is 1. The van der Waals surface area contributed by atoms with Gasteiger partial charge < -0.3 is 20.9 Å². The van der Waals surface area contributed by atoms with Crippen LogP contribution in [-0.4, -0.2) is 40.7 Å². The van der Waals surface area contributed by atoms with E-state index in [1.165, 1.54) is 12.3 Å². The molecule has 0 aromatic carbocycles. The monoisotopic (exact) mass is 251 g/mol.